The molecule has 2 heterocycles. The highest BCUT2D eigenvalue weighted by Gasteiger charge is 2.19. The molecule has 1 fully saturated rings. The summed E-state index contributed by atoms with van der Waals surface area (Å²) in [5.74, 6) is 1.06. The Morgan fingerprint density at radius 2 is 1.73 bits per heavy atom. The molecule has 3 aromatic carbocycles. The van der Waals surface area contributed by atoms with E-state index in [-0.39, 0.29) is 17.9 Å². The van der Waals surface area contributed by atoms with Crippen LogP contribution in [-0.2, 0) is 14.9 Å². The molecular formula is C31H35N5O4. The van der Waals surface area contributed by atoms with E-state index in [0.29, 0.717) is 43.6 Å². The Balaban J connectivity index is 1.32. The summed E-state index contributed by atoms with van der Waals surface area (Å²) in [5.41, 5.74) is 3.74. The van der Waals surface area contributed by atoms with Crippen LogP contribution in [0.3, 0.4) is 0 Å². The third-order valence-corrected chi connectivity index (χ3v) is 7.03. The fourth-order valence-corrected chi connectivity index (χ4v) is 4.71. The fourth-order valence-electron chi connectivity index (χ4n) is 4.71. The molecule has 9 heteroatoms. The Labute approximate surface area is 234 Å². The van der Waals surface area contributed by atoms with E-state index >= 15 is 0 Å². The summed E-state index contributed by atoms with van der Waals surface area (Å²) in [6.45, 7) is 10.7. The topological polar surface area (TPSA) is 97.7 Å². The molecule has 0 atom stereocenters. The number of ether oxygens (including phenoxy) is 2. The van der Waals surface area contributed by atoms with Gasteiger partial charge in [-0.15, -0.1) is 0 Å². The number of carbonyl (C=O) groups excluding carboxylic acids is 2. The van der Waals surface area contributed by atoms with Crippen LogP contribution in [0, 0.1) is 6.92 Å². The molecule has 1 aliphatic heterocycles. The maximum atomic E-state index is 13.1. The number of anilines is 2. The van der Waals surface area contributed by atoms with Gasteiger partial charge < -0.3 is 19.7 Å². The number of rotatable bonds is 6. The van der Waals surface area contributed by atoms with Crippen molar-refractivity contribution in [2.24, 2.45) is 0 Å². The molecule has 2 N–H and O–H groups in total. The van der Waals surface area contributed by atoms with Crippen molar-refractivity contribution >= 4 is 34.2 Å². The van der Waals surface area contributed by atoms with Gasteiger partial charge in [-0.3, -0.25) is 10.1 Å². The number of morpholine rings is 1. The Hall–Kier alpha value is -4.37. The lowest BCUT2D eigenvalue weighted by atomic mass is 9.86. The first-order chi connectivity index (χ1) is 19.2. The molecule has 0 aliphatic carbocycles. The standard InChI is InChI=1S/C31H35N5O4/c1-21-9-10-22(31(2,3)4)19-26(21)36-28(13-14-32-36)34-30(38)33-25-11-12-27(24-8-6-5-7-23(24)25)40-20-29(37)35-15-17-39-18-16-35/h5-14,19H,15-18,20H2,1-4H3,(H2,33,34,38). The summed E-state index contributed by atoms with van der Waals surface area (Å²) >= 11 is 0. The highest BCUT2D eigenvalue weighted by Crippen LogP contribution is 2.32. The molecule has 9 nitrogen and oxygen atoms in total. The van der Waals surface area contributed by atoms with Crippen molar-refractivity contribution in [3.8, 4) is 11.4 Å². The van der Waals surface area contributed by atoms with Crippen LogP contribution in [0.15, 0.2) is 66.9 Å². The SMILES string of the molecule is Cc1ccc(C(C)(C)C)cc1-n1nccc1NC(=O)Nc1ccc(OCC(=O)N2CCOCC2)c2ccccc12. The predicted molar refractivity (Wildman–Crippen MR) is 156 cm³/mol. The predicted octanol–water partition coefficient (Wildman–Crippen LogP) is 5.51. The number of nitrogens with zero attached hydrogens (tertiary/aromatic N) is 3. The van der Waals surface area contributed by atoms with Crippen LogP contribution in [0.1, 0.15) is 31.9 Å². The number of hydrogen-bond acceptors (Lipinski definition) is 5. The summed E-state index contributed by atoms with van der Waals surface area (Å²) in [6, 6.07) is 18.9. The molecule has 5 rings (SSSR count). The number of hydrogen-bond donors (Lipinski definition) is 2. The molecular weight excluding hydrogens is 506 g/mol. The van der Waals surface area contributed by atoms with Gasteiger partial charge >= 0.3 is 6.03 Å². The van der Waals surface area contributed by atoms with Gasteiger partial charge in [0.05, 0.1) is 30.8 Å². The van der Waals surface area contributed by atoms with E-state index < -0.39 is 6.03 Å². The molecule has 4 aromatic rings. The number of nitrogens with one attached hydrogen (secondary N) is 2. The van der Waals surface area contributed by atoms with E-state index in [9.17, 15) is 9.59 Å². The first kappa shape index (κ1) is 27.2. The second-order valence-corrected chi connectivity index (χ2v) is 10.9. The van der Waals surface area contributed by atoms with Gasteiger partial charge in [-0.05, 0) is 41.7 Å². The quantitative estimate of drug-likeness (QED) is 0.335. The molecule has 3 amide bonds. The van der Waals surface area contributed by atoms with E-state index in [4.69, 9.17) is 9.47 Å². The second-order valence-electron chi connectivity index (χ2n) is 10.9. The van der Waals surface area contributed by atoms with Crippen LogP contribution < -0.4 is 15.4 Å². The molecule has 0 bridgehead atoms. The highest BCUT2D eigenvalue weighted by molar-refractivity contribution is 6.07. The molecule has 0 unspecified atom stereocenters. The monoisotopic (exact) mass is 541 g/mol. The van der Waals surface area contributed by atoms with Gasteiger partial charge in [-0.1, -0.05) is 57.2 Å². The molecule has 208 valence electrons. The first-order valence-electron chi connectivity index (χ1n) is 13.4. The van der Waals surface area contributed by atoms with Crippen molar-refractivity contribution in [1.82, 2.24) is 14.7 Å². The van der Waals surface area contributed by atoms with Gasteiger partial charge in [-0.2, -0.15) is 5.10 Å². The van der Waals surface area contributed by atoms with Crippen molar-refractivity contribution in [3.63, 3.8) is 0 Å². The zero-order chi connectivity index (χ0) is 28.3. The van der Waals surface area contributed by atoms with Crippen molar-refractivity contribution in [2.75, 3.05) is 43.5 Å². The highest BCUT2D eigenvalue weighted by atomic mass is 16.5. The summed E-state index contributed by atoms with van der Waals surface area (Å²) in [4.78, 5) is 27.4. The number of amides is 3. The minimum atomic E-state index is -0.396. The first-order valence-corrected chi connectivity index (χ1v) is 13.4. The van der Waals surface area contributed by atoms with Crippen molar-refractivity contribution in [1.29, 1.82) is 0 Å². The number of fused-ring (bicyclic) bond motifs is 1. The lowest BCUT2D eigenvalue weighted by Gasteiger charge is -2.26. The molecule has 0 spiro atoms. The Morgan fingerprint density at radius 3 is 2.48 bits per heavy atom. The summed E-state index contributed by atoms with van der Waals surface area (Å²) in [5, 5.41) is 12.0. The maximum absolute atomic E-state index is 13.1. The van der Waals surface area contributed by atoms with Crippen molar-refractivity contribution in [2.45, 2.75) is 33.1 Å². The molecule has 1 saturated heterocycles. The minimum absolute atomic E-state index is 0.0205. The summed E-state index contributed by atoms with van der Waals surface area (Å²) in [7, 11) is 0. The Morgan fingerprint density at radius 1 is 0.975 bits per heavy atom. The largest absolute Gasteiger partial charge is 0.483 e. The normalized spacial score (nSPS) is 13.8. The second kappa shape index (κ2) is 11.4. The average molecular weight is 542 g/mol. The Bertz CT molecular complexity index is 1530. The van der Waals surface area contributed by atoms with Gasteiger partial charge in [0, 0.05) is 29.9 Å². The zero-order valence-electron chi connectivity index (χ0n) is 23.4. The van der Waals surface area contributed by atoms with Crippen LogP contribution in [0.4, 0.5) is 16.3 Å². The fraction of sp³-hybridized carbons (Fsp3) is 0.323. The number of carbonyl (C=O) groups is 2. The van der Waals surface area contributed by atoms with E-state index in [1.54, 1.807) is 34.0 Å². The Kier molecular flexibility index (Phi) is 7.75. The van der Waals surface area contributed by atoms with Gasteiger partial charge in [0.2, 0.25) is 0 Å². The molecule has 0 radical (unpaired) electrons. The third kappa shape index (κ3) is 5.94. The van der Waals surface area contributed by atoms with Crippen LogP contribution in [0.25, 0.3) is 16.5 Å². The number of aryl methyl sites for hydroxylation is 1. The molecule has 0 saturated carbocycles. The average Bonchev–Trinajstić information content (AvgIpc) is 3.40. The maximum Gasteiger partial charge on any atom is 0.324 e. The molecule has 40 heavy (non-hydrogen) atoms. The minimum Gasteiger partial charge on any atom is -0.483 e. The lowest BCUT2D eigenvalue weighted by molar-refractivity contribution is -0.137. The molecule has 1 aliphatic rings. The van der Waals surface area contributed by atoms with Gasteiger partial charge in [0.1, 0.15) is 11.6 Å². The van der Waals surface area contributed by atoms with Crippen molar-refractivity contribution in [3.05, 3.63) is 78.0 Å². The van der Waals surface area contributed by atoms with Gasteiger partial charge in [0.15, 0.2) is 6.61 Å². The summed E-state index contributed by atoms with van der Waals surface area (Å²) in [6.07, 6.45) is 1.67. The van der Waals surface area contributed by atoms with Gasteiger partial charge in [0.25, 0.3) is 5.91 Å². The zero-order valence-corrected chi connectivity index (χ0v) is 23.4. The van der Waals surface area contributed by atoms with E-state index in [1.165, 1.54) is 5.56 Å². The van der Waals surface area contributed by atoms with E-state index in [2.05, 4.69) is 54.7 Å². The van der Waals surface area contributed by atoms with Crippen LogP contribution in [0.2, 0.25) is 0 Å². The van der Waals surface area contributed by atoms with Crippen LogP contribution in [-0.4, -0.2) is 59.5 Å². The van der Waals surface area contributed by atoms with Crippen LogP contribution in [0.5, 0.6) is 5.75 Å². The smallest absolute Gasteiger partial charge is 0.324 e. The van der Waals surface area contributed by atoms with E-state index in [0.717, 1.165) is 22.0 Å². The van der Waals surface area contributed by atoms with Crippen molar-refractivity contribution < 1.29 is 19.1 Å². The van der Waals surface area contributed by atoms with Gasteiger partial charge in [-0.25, -0.2) is 9.48 Å². The number of aromatic nitrogens is 2. The number of urea groups is 1. The summed E-state index contributed by atoms with van der Waals surface area (Å²) < 4.78 is 13.0. The molecule has 1 aromatic heterocycles. The number of benzene rings is 3. The lowest BCUT2D eigenvalue weighted by Crippen LogP contribution is -2.42. The van der Waals surface area contributed by atoms with Crippen LogP contribution >= 0.6 is 0 Å². The third-order valence-electron chi connectivity index (χ3n) is 7.03. The van der Waals surface area contributed by atoms with E-state index in [1.807, 2.05) is 31.2 Å².